The molecule has 0 spiro atoms. The minimum Gasteiger partial charge on any atom is -0.309 e. The molecular weight excluding hydrogens is 282 g/mol. The van der Waals surface area contributed by atoms with Crippen LogP contribution in [0.1, 0.15) is 50.6 Å². The van der Waals surface area contributed by atoms with E-state index in [1.807, 2.05) is 11.3 Å². The summed E-state index contributed by atoms with van der Waals surface area (Å²) in [5, 5.41) is 3.62. The van der Waals surface area contributed by atoms with Crippen LogP contribution < -0.4 is 5.32 Å². The molecule has 1 aromatic rings. The highest BCUT2D eigenvalue weighted by Crippen LogP contribution is 2.41. The van der Waals surface area contributed by atoms with Crippen LogP contribution in [0.25, 0.3) is 0 Å². The molecule has 1 aromatic heterocycles. The van der Waals surface area contributed by atoms with Crippen LogP contribution in [0.2, 0.25) is 0 Å². The molecule has 1 nitrogen and oxygen atoms in total. The number of nitrogens with one attached hydrogen (secondary N) is 1. The quantitative estimate of drug-likeness (QED) is 0.815. The van der Waals surface area contributed by atoms with E-state index >= 15 is 0 Å². The van der Waals surface area contributed by atoms with Gasteiger partial charge in [-0.05, 0) is 52.9 Å². The summed E-state index contributed by atoms with van der Waals surface area (Å²) in [6, 6.07) is 2.76. The molecule has 0 radical (unpaired) electrons. The first-order valence-corrected chi connectivity index (χ1v) is 7.52. The number of hydrogen-bond donors (Lipinski definition) is 1. The average molecular weight is 304 g/mol. The summed E-state index contributed by atoms with van der Waals surface area (Å²) in [7, 11) is 0. The second-order valence-electron chi connectivity index (χ2n) is 4.94. The summed E-state index contributed by atoms with van der Waals surface area (Å²) in [4.78, 5) is 1.44. The molecule has 0 aliphatic rings. The van der Waals surface area contributed by atoms with Gasteiger partial charge in [-0.15, -0.1) is 11.3 Å². The van der Waals surface area contributed by atoms with E-state index in [1.54, 1.807) is 0 Å². The molecule has 0 aliphatic heterocycles. The Bertz CT molecular complexity index is 324. The Labute approximate surface area is 112 Å². The number of halogens is 1. The van der Waals surface area contributed by atoms with Crippen LogP contribution in [-0.4, -0.2) is 6.54 Å². The molecule has 1 unspecified atom stereocenters. The van der Waals surface area contributed by atoms with Gasteiger partial charge in [0.25, 0.3) is 0 Å². The Morgan fingerprint density at radius 1 is 1.44 bits per heavy atom. The molecule has 0 bridgehead atoms. The van der Waals surface area contributed by atoms with E-state index in [0.717, 1.165) is 6.54 Å². The number of aryl methyl sites for hydroxylation is 1. The molecule has 92 valence electrons. The smallest absolute Gasteiger partial charge is 0.0731 e. The maximum absolute atomic E-state index is 3.62. The summed E-state index contributed by atoms with van der Waals surface area (Å²) < 4.78 is 1.26. The monoisotopic (exact) mass is 303 g/mol. The summed E-state index contributed by atoms with van der Waals surface area (Å²) >= 11 is 5.47. The second-order valence-corrected chi connectivity index (χ2v) is 7.34. The molecule has 0 amide bonds. The van der Waals surface area contributed by atoms with Crippen molar-refractivity contribution in [2.75, 3.05) is 6.54 Å². The Morgan fingerprint density at radius 3 is 2.44 bits per heavy atom. The van der Waals surface area contributed by atoms with Gasteiger partial charge in [0.05, 0.1) is 3.79 Å². The van der Waals surface area contributed by atoms with E-state index in [0.29, 0.717) is 11.5 Å². The lowest BCUT2D eigenvalue weighted by atomic mass is 9.81. The Morgan fingerprint density at radius 2 is 2.06 bits per heavy atom. The highest BCUT2D eigenvalue weighted by atomic mass is 79.9. The van der Waals surface area contributed by atoms with Crippen molar-refractivity contribution in [2.24, 2.45) is 5.41 Å². The third kappa shape index (κ3) is 3.08. The second kappa shape index (κ2) is 5.65. The first-order valence-electron chi connectivity index (χ1n) is 5.91. The van der Waals surface area contributed by atoms with E-state index in [1.165, 1.54) is 20.6 Å². The molecule has 0 saturated heterocycles. The van der Waals surface area contributed by atoms with Crippen LogP contribution >= 0.6 is 27.3 Å². The van der Waals surface area contributed by atoms with Crippen molar-refractivity contribution >= 4 is 27.3 Å². The van der Waals surface area contributed by atoms with E-state index in [-0.39, 0.29) is 0 Å². The van der Waals surface area contributed by atoms with Gasteiger partial charge >= 0.3 is 0 Å². The predicted molar refractivity (Wildman–Crippen MR) is 77.2 cm³/mol. The SMILES string of the molecule is CCNC(c1cc(C)c(Br)s1)C(C)(C)CC. The number of hydrogen-bond acceptors (Lipinski definition) is 2. The van der Waals surface area contributed by atoms with Crippen LogP contribution in [0.15, 0.2) is 9.85 Å². The summed E-state index contributed by atoms with van der Waals surface area (Å²) in [6.45, 7) is 12.3. The molecule has 16 heavy (non-hydrogen) atoms. The van der Waals surface area contributed by atoms with Crippen molar-refractivity contribution in [1.82, 2.24) is 5.32 Å². The van der Waals surface area contributed by atoms with E-state index in [9.17, 15) is 0 Å². The van der Waals surface area contributed by atoms with Crippen LogP contribution in [-0.2, 0) is 0 Å². The Kier molecular flexibility index (Phi) is 5.02. The van der Waals surface area contributed by atoms with Gasteiger partial charge in [0, 0.05) is 10.9 Å². The maximum Gasteiger partial charge on any atom is 0.0731 e. The maximum atomic E-state index is 3.62. The topological polar surface area (TPSA) is 12.0 Å². The summed E-state index contributed by atoms with van der Waals surface area (Å²) in [5.41, 5.74) is 1.64. The van der Waals surface area contributed by atoms with Crippen molar-refractivity contribution in [3.63, 3.8) is 0 Å². The number of rotatable bonds is 5. The molecule has 0 aromatic carbocycles. The Hall–Kier alpha value is 0.140. The van der Waals surface area contributed by atoms with Crippen molar-refractivity contribution in [2.45, 2.75) is 47.1 Å². The lowest BCUT2D eigenvalue weighted by Crippen LogP contribution is -2.33. The van der Waals surface area contributed by atoms with Gasteiger partial charge in [-0.1, -0.05) is 27.7 Å². The van der Waals surface area contributed by atoms with Gasteiger partial charge in [-0.2, -0.15) is 0 Å². The highest BCUT2D eigenvalue weighted by Gasteiger charge is 2.29. The molecule has 3 heteroatoms. The van der Waals surface area contributed by atoms with Gasteiger partial charge in [0.1, 0.15) is 0 Å². The van der Waals surface area contributed by atoms with Gasteiger partial charge in [0.2, 0.25) is 0 Å². The molecule has 0 aliphatic carbocycles. The first-order chi connectivity index (χ1) is 7.42. The van der Waals surface area contributed by atoms with E-state index in [2.05, 4.69) is 61.9 Å². The molecule has 1 heterocycles. The van der Waals surface area contributed by atoms with Crippen LogP contribution in [0.3, 0.4) is 0 Å². The summed E-state index contributed by atoms with van der Waals surface area (Å²) in [6.07, 6.45) is 1.18. The fourth-order valence-corrected chi connectivity index (χ4v) is 3.65. The zero-order chi connectivity index (χ0) is 12.3. The average Bonchev–Trinajstić information content (AvgIpc) is 2.55. The minimum absolute atomic E-state index is 0.298. The van der Waals surface area contributed by atoms with Crippen LogP contribution in [0.5, 0.6) is 0 Å². The zero-order valence-corrected chi connectivity index (χ0v) is 13.3. The molecule has 1 N–H and O–H groups in total. The highest BCUT2D eigenvalue weighted by molar-refractivity contribution is 9.11. The fourth-order valence-electron chi connectivity index (χ4n) is 1.80. The lowest BCUT2D eigenvalue weighted by Gasteiger charge is -2.33. The number of thiophene rings is 1. The van der Waals surface area contributed by atoms with Gasteiger partial charge in [-0.25, -0.2) is 0 Å². The zero-order valence-electron chi connectivity index (χ0n) is 10.9. The molecular formula is C13H22BrNS. The van der Waals surface area contributed by atoms with E-state index < -0.39 is 0 Å². The van der Waals surface area contributed by atoms with E-state index in [4.69, 9.17) is 0 Å². The molecule has 1 atom stereocenters. The molecule has 0 fully saturated rings. The predicted octanol–water partition coefficient (Wildman–Crippen LogP) is 4.91. The Balaban J connectivity index is 3.02. The van der Waals surface area contributed by atoms with Crippen molar-refractivity contribution in [3.8, 4) is 0 Å². The lowest BCUT2D eigenvalue weighted by molar-refractivity contribution is 0.240. The first kappa shape index (κ1) is 14.2. The molecule has 1 rings (SSSR count). The van der Waals surface area contributed by atoms with Crippen LogP contribution in [0, 0.1) is 12.3 Å². The molecule has 0 saturated carbocycles. The van der Waals surface area contributed by atoms with Crippen LogP contribution in [0.4, 0.5) is 0 Å². The minimum atomic E-state index is 0.298. The van der Waals surface area contributed by atoms with Gasteiger partial charge < -0.3 is 5.32 Å². The largest absolute Gasteiger partial charge is 0.309 e. The standard InChI is InChI=1S/C13H22BrNS/c1-6-13(4,5)11(15-7-2)10-8-9(3)12(14)16-10/h8,11,15H,6-7H2,1-5H3. The summed E-state index contributed by atoms with van der Waals surface area (Å²) in [5.74, 6) is 0. The third-order valence-electron chi connectivity index (χ3n) is 3.26. The van der Waals surface area contributed by atoms with Crippen molar-refractivity contribution in [3.05, 3.63) is 20.3 Å². The normalized spacial score (nSPS) is 14.1. The fraction of sp³-hybridized carbons (Fsp3) is 0.692. The third-order valence-corrected chi connectivity index (χ3v) is 5.46. The van der Waals surface area contributed by atoms with Crippen molar-refractivity contribution in [1.29, 1.82) is 0 Å². The van der Waals surface area contributed by atoms with Crippen molar-refractivity contribution < 1.29 is 0 Å². The van der Waals surface area contributed by atoms with Gasteiger partial charge in [0.15, 0.2) is 0 Å². The van der Waals surface area contributed by atoms with Gasteiger partial charge in [-0.3, -0.25) is 0 Å².